The minimum atomic E-state index is -0.959. The number of unbranched alkanes of at least 4 members (excludes halogenated alkanes) is 8. The van der Waals surface area contributed by atoms with Crippen LogP contribution in [0.2, 0.25) is 0 Å². The lowest BCUT2D eigenvalue weighted by Crippen LogP contribution is -2.43. The molecule has 1 aliphatic heterocycles. The second-order valence-corrected chi connectivity index (χ2v) is 12.8. The lowest BCUT2D eigenvalue weighted by Gasteiger charge is -2.29. The Morgan fingerprint density at radius 1 is 0.958 bits per heavy atom. The minimum Gasteiger partial charge on any atom is -0.503 e. The quantitative estimate of drug-likeness (QED) is 0.111. The summed E-state index contributed by atoms with van der Waals surface area (Å²) in [6, 6.07) is 11.0. The fraction of sp³-hybridized carbons (Fsp3) is 0.595. The van der Waals surface area contributed by atoms with Crippen molar-refractivity contribution in [2.45, 2.75) is 104 Å². The van der Waals surface area contributed by atoms with Crippen LogP contribution < -0.4 is 10.1 Å². The SMILES string of the molecule is COc1ccnc(C(=O)NCCCCCCCCCCCC2COC(=O)C(Cc3ccccc3)C(OC(=O)C(C)C)C(C)OC2=O)c1O. The van der Waals surface area contributed by atoms with Crippen LogP contribution in [0.25, 0.3) is 0 Å². The van der Waals surface area contributed by atoms with Crippen molar-refractivity contribution < 1.29 is 43.2 Å². The molecule has 4 unspecified atom stereocenters. The van der Waals surface area contributed by atoms with Gasteiger partial charge in [-0.1, -0.05) is 95.5 Å². The van der Waals surface area contributed by atoms with Crippen LogP contribution in [0.5, 0.6) is 11.5 Å². The Morgan fingerprint density at radius 3 is 2.25 bits per heavy atom. The molecule has 264 valence electrons. The molecule has 4 atom stereocenters. The van der Waals surface area contributed by atoms with Gasteiger partial charge in [-0.3, -0.25) is 19.2 Å². The molecular weight excluding hydrogens is 616 g/mol. The number of benzene rings is 1. The molecule has 1 amide bonds. The highest BCUT2D eigenvalue weighted by Crippen LogP contribution is 2.28. The van der Waals surface area contributed by atoms with Gasteiger partial charge in [0.15, 0.2) is 23.3 Å². The molecule has 0 saturated carbocycles. The Balaban J connectivity index is 1.35. The van der Waals surface area contributed by atoms with Gasteiger partial charge in [0, 0.05) is 18.8 Å². The number of aromatic nitrogens is 1. The second-order valence-electron chi connectivity index (χ2n) is 12.8. The van der Waals surface area contributed by atoms with Crippen LogP contribution in [0.3, 0.4) is 0 Å². The van der Waals surface area contributed by atoms with Gasteiger partial charge >= 0.3 is 17.9 Å². The number of carbonyl (C=O) groups excluding carboxylic acids is 4. The van der Waals surface area contributed by atoms with E-state index in [0.29, 0.717) is 19.4 Å². The fourth-order valence-electron chi connectivity index (χ4n) is 5.69. The van der Waals surface area contributed by atoms with Crippen molar-refractivity contribution in [1.29, 1.82) is 0 Å². The van der Waals surface area contributed by atoms with Gasteiger partial charge in [-0.05, 0) is 31.7 Å². The lowest BCUT2D eigenvalue weighted by molar-refractivity contribution is -0.177. The molecule has 2 N–H and O–H groups in total. The Kier molecular flexibility index (Phi) is 16.2. The van der Waals surface area contributed by atoms with Gasteiger partial charge in [-0.2, -0.15) is 0 Å². The highest BCUT2D eigenvalue weighted by atomic mass is 16.6. The van der Waals surface area contributed by atoms with E-state index in [1.807, 2.05) is 30.3 Å². The lowest BCUT2D eigenvalue weighted by atomic mass is 9.91. The van der Waals surface area contributed by atoms with Crippen LogP contribution in [-0.4, -0.2) is 66.4 Å². The molecule has 1 aliphatic rings. The molecule has 1 fully saturated rings. The summed E-state index contributed by atoms with van der Waals surface area (Å²) in [4.78, 5) is 55.3. The van der Waals surface area contributed by atoms with E-state index >= 15 is 0 Å². The summed E-state index contributed by atoms with van der Waals surface area (Å²) in [5.41, 5.74) is 0.852. The van der Waals surface area contributed by atoms with Crippen LogP contribution in [0.4, 0.5) is 0 Å². The molecular formula is C37H52N2O9. The van der Waals surface area contributed by atoms with Crippen molar-refractivity contribution in [2.75, 3.05) is 20.3 Å². The number of methoxy groups -OCH3 is 1. The fourth-order valence-corrected chi connectivity index (χ4v) is 5.69. The highest BCUT2D eigenvalue weighted by molar-refractivity contribution is 5.95. The van der Waals surface area contributed by atoms with Crippen molar-refractivity contribution >= 4 is 23.8 Å². The summed E-state index contributed by atoms with van der Waals surface area (Å²) < 4.78 is 22.3. The zero-order chi connectivity index (χ0) is 34.9. The third kappa shape index (κ3) is 12.1. The summed E-state index contributed by atoms with van der Waals surface area (Å²) in [5, 5.41) is 12.9. The van der Waals surface area contributed by atoms with Gasteiger partial charge in [0.1, 0.15) is 18.6 Å². The Morgan fingerprint density at radius 2 is 1.60 bits per heavy atom. The summed E-state index contributed by atoms with van der Waals surface area (Å²) in [6.07, 6.45) is 9.48. The third-order valence-electron chi connectivity index (χ3n) is 8.58. The summed E-state index contributed by atoms with van der Waals surface area (Å²) >= 11 is 0. The van der Waals surface area contributed by atoms with E-state index in [9.17, 15) is 24.3 Å². The number of carbonyl (C=O) groups is 4. The topological polar surface area (TPSA) is 150 Å². The molecule has 11 nitrogen and oxygen atoms in total. The van der Waals surface area contributed by atoms with Gasteiger partial charge < -0.3 is 29.4 Å². The molecule has 48 heavy (non-hydrogen) atoms. The summed E-state index contributed by atoms with van der Waals surface area (Å²) in [7, 11) is 1.42. The average Bonchev–Trinajstić information content (AvgIpc) is 3.10. The van der Waals surface area contributed by atoms with E-state index in [2.05, 4.69) is 10.3 Å². The van der Waals surface area contributed by atoms with Crippen molar-refractivity contribution in [1.82, 2.24) is 10.3 Å². The van der Waals surface area contributed by atoms with Crippen LogP contribution >= 0.6 is 0 Å². The molecule has 2 aromatic rings. The predicted molar refractivity (Wildman–Crippen MR) is 179 cm³/mol. The zero-order valence-electron chi connectivity index (χ0n) is 28.8. The number of nitrogens with zero attached hydrogens (tertiary/aromatic N) is 1. The van der Waals surface area contributed by atoms with Crippen molar-refractivity contribution in [3.63, 3.8) is 0 Å². The Labute approximate surface area is 284 Å². The van der Waals surface area contributed by atoms with Crippen LogP contribution in [-0.2, 0) is 35.0 Å². The minimum absolute atomic E-state index is 0.0441. The first-order valence-corrected chi connectivity index (χ1v) is 17.2. The van der Waals surface area contributed by atoms with E-state index in [4.69, 9.17) is 18.9 Å². The number of pyridine rings is 1. The van der Waals surface area contributed by atoms with E-state index in [1.165, 1.54) is 19.4 Å². The van der Waals surface area contributed by atoms with Gasteiger partial charge in [0.2, 0.25) is 0 Å². The molecule has 1 aromatic carbocycles. The Hall–Kier alpha value is -4.15. The first kappa shape index (κ1) is 38.3. The molecule has 3 rings (SSSR count). The van der Waals surface area contributed by atoms with E-state index < -0.39 is 53.8 Å². The number of rotatable bonds is 18. The van der Waals surface area contributed by atoms with Crippen LogP contribution in [0.15, 0.2) is 42.6 Å². The first-order valence-electron chi connectivity index (χ1n) is 17.2. The van der Waals surface area contributed by atoms with E-state index in [1.54, 1.807) is 20.8 Å². The third-order valence-corrected chi connectivity index (χ3v) is 8.58. The largest absolute Gasteiger partial charge is 0.503 e. The average molecular weight is 669 g/mol. The van der Waals surface area contributed by atoms with Crippen LogP contribution in [0, 0.1) is 17.8 Å². The normalized spacial score (nSPS) is 19.8. The summed E-state index contributed by atoms with van der Waals surface area (Å²) in [5.74, 6) is -3.64. The summed E-state index contributed by atoms with van der Waals surface area (Å²) in [6.45, 7) is 5.56. The number of esters is 3. The smallest absolute Gasteiger partial charge is 0.313 e. The van der Waals surface area contributed by atoms with E-state index in [-0.39, 0.29) is 23.8 Å². The predicted octanol–water partition coefficient (Wildman–Crippen LogP) is 5.96. The maximum Gasteiger partial charge on any atom is 0.313 e. The van der Waals surface area contributed by atoms with Gasteiger partial charge in [0.05, 0.1) is 18.9 Å². The number of ether oxygens (including phenoxy) is 4. The first-order chi connectivity index (χ1) is 23.1. The monoisotopic (exact) mass is 668 g/mol. The van der Waals surface area contributed by atoms with Gasteiger partial charge in [-0.25, -0.2) is 4.98 Å². The molecule has 0 aliphatic carbocycles. The van der Waals surface area contributed by atoms with Gasteiger partial charge in [-0.15, -0.1) is 0 Å². The molecule has 11 heteroatoms. The van der Waals surface area contributed by atoms with Crippen molar-refractivity contribution in [3.8, 4) is 11.5 Å². The molecule has 0 radical (unpaired) electrons. The number of aromatic hydroxyl groups is 1. The molecule has 1 saturated heterocycles. The molecule has 0 bridgehead atoms. The standard InChI is InChI=1S/C37H52N2O9/c1-25(2)35(42)48-33-26(3)47-36(43)28(24-46-37(44)29(33)23-27-17-13-12-14-18-27)19-15-10-8-6-5-7-9-11-16-21-39-34(41)31-32(40)30(45-4)20-22-38-31/h12-14,17-18,20,22,25-26,28-29,33,40H,5-11,15-16,19,21,23-24H2,1-4H3,(H,39,41). The molecule has 1 aromatic heterocycles. The number of nitrogens with one attached hydrogen (secondary N) is 1. The van der Waals surface area contributed by atoms with Gasteiger partial charge in [0.25, 0.3) is 5.91 Å². The number of amides is 1. The zero-order valence-corrected chi connectivity index (χ0v) is 28.8. The van der Waals surface area contributed by atoms with E-state index in [0.717, 1.165) is 63.4 Å². The maximum atomic E-state index is 13.4. The molecule has 0 spiro atoms. The number of hydrogen-bond acceptors (Lipinski definition) is 10. The highest BCUT2D eigenvalue weighted by Gasteiger charge is 2.41. The van der Waals surface area contributed by atoms with Crippen molar-refractivity contribution in [3.05, 3.63) is 53.9 Å². The van der Waals surface area contributed by atoms with Crippen LogP contribution in [0.1, 0.15) is 101 Å². The number of cyclic esters (lactones) is 2. The number of hydrogen-bond donors (Lipinski definition) is 2. The Bertz CT molecular complexity index is 1320. The van der Waals surface area contributed by atoms with Crippen molar-refractivity contribution in [2.24, 2.45) is 17.8 Å². The second kappa shape index (κ2) is 20.3. The molecule has 2 heterocycles. The maximum absolute atomic E-state index is 13.4.